The van der Waals surface area contributed by atoms with Crippen molar-refractivity contribution in [3.05, 3.63) is 47.4 Å². The maximum absolute atomic E-state index is 12.4. The van der Waals surface area contributed by atoms with E-state index in [1.54, 1.807) is 21.5 Å². The molecular weight excluding hydrogens is 320 g/mol. The molecule has 2 aromatic heterocycles. The Kier molecular flexibility index (Phi) is 4.31. The Balaban J connectivity index is 1.76. The SMILES string of the molecule is Cc1nn(C)c(C)c1CC(=O)Nc1ccc2c(ccn2CC(=O)O)c1. The Hall–Kier alpha value is -3.09. The average Bonchev–Trinajstić information content (AvgIpc) is 3.03. The zero-order valence-corrected chi connectivity index (χ0v) is 14.4. The first-order valence-corrected chi connectivity index (χ1v) is 7.95. The van der Waals surface area contributed by atoms with E-state index in [-0.39, 0.29) is 18.9 Å². The molecule has 0 radical (unpaired) electrons. The summed E-state index contributed by atoms with van der Waals surface area (Å²) in [5.74, 6) is -0.999. The number of benzene rings is 1. The highest BCUT2D eigenvalue weighted by molar-refractivity contribution is 5.95. The third kappa shape index (κ3) is 3.40. The number of aliphatic carboxylic acids is 1. The van der Waals surface area contributed by atoms with Crippen LogP contribution in [0.5, 0.6) is 0 Å². The Bertz CT molecular complexity index is 968. The number of aromatic nitrogens is 3. The van der Waals surface area contributed by atoms with Crippen LogP contribution in [-0.2, 0) is 29.6 Å². The van der Waals surface area contributed by atoms with Crippen LogP contribution in [0.3, 0.4) is 0 Å². The molecule has 0 aliphatic carbocycles. The van der Waals surface area contributed by atoms with Crippen LogP contribution in [0.25, 0.3) is 10.9 Å². The molecule has 1 aromatic carbocycles. The van der Waals surface area contributed by atoms with Crippen molar-refractivity contribution in [2.75, 3.05) is 5.32 Å². The third-order valence-electron chi connectivity index (χ3n) is 4.36. The van der Waals surface area contributed by atoms with Crippen molar-refractivity contribution < 1.29 is 14.7 Å². The summed E-state index contributed by atoms with van der Waals surface area (Å²) >= 11 is 0. The molecule has 0 atom stereocenters. The van der Waals surface area contributed by atoms with Crippen molar-refractivity contribution in [1.82, 2.24) is 14.3 Å². The molecule has 2 heterocycles. The predicted molar refractivity (Wildman–Crippen MR) is 94.6 cm³/mol. The van der Waals surface area contributed by atoms with E-state index < -0.39 is 5.97 Å². The number of hydrogen-bond acceptors (Lipinski definition) is 3. The highest BCUT2D eigenvalue weighted by Gasteiger charge is 2.14. The number of carboxylic acids is 1. The minimum absolute atomic E-state index is 0.0885. The number of aryl methyl sites for hydroxylation is 2. The number of amides is 1. The van der Waals surface area contributed by atoms with E-state index in [4.69, 9.17) is 5.11 Å². The molecule has 2 N–H and O–H groups in total. The van der Waals surface area contributed by atoms with Gasteiger partial charge in [-0.3, -0.25) is 14.3 Å². The Labute approximate surface area is 144 Å². The summed E-state index contributed by atoms with van der Waals surface area (Å²) in [5.41, 5.74) is 4.28. The van der Waals surface area contributed by atoms with Crippen LogP contribution in [0.4, 0.5) is 5.69 Å². The number of carboxylic acid groups (broad SMARTS) is 1. The molecule has 0 fully saturated rings. The molecule has 7 heteroatoms. The number of carbonyl (C=O) groups is 2. The van der Waals surface area contributed by atoms with Crippen LogP contribution in [-0.4, -0.2) is 31.3 Å². The summed E-state index contributed by atoms with van der Waals surface area (Å²) in [5, 5.41) is 17.0. The van der Waals surface area contributed by atoms with Crippen LogP contribution in [0.2, 0.25) is 0 Å². The smallest absolute Gasteiger partial charge is 0.323 e. The first-order valence-electron chi connectivity index (χ1n) is 7.95. The fraction of sp³-hybridized carbons (Fsp3) is 0.278. The van der Waals surface area contributed by atoms with Gasteiger partial charge in [-0.25, -0.2) is 0 Å². The van der Waals surface area contributed by atoms with Gasteiger partial charge in [0.2, 0.25) is 5.91 Å². The number of nitrogens with one attached hydrogen (secondary N) is 1. The maximum Gasteiger partial charge on any atom is 0.323 e. The van der Waals surface area contributed by atoms with Gasteiger partial charge < -0.3 is 15.0 Å². The van der Waals surface area contributed by atoms with Crippen LogP contribution in [0.15, 0.2) is 30.5 Å². The lowest BCUT2D eigenvalue weighted by atomic mass is 10.1. The van der Waals surface area contributed by atoms with E-state index in [2.05, 4.69) is 10.4 Å². The molecule has 25 heavy (non-hydrogen) atoms. The van der Waals surface area contributed by atoms with E-state index in [9.17, 15) is 9.59 Å². The lowest BCUT2D eigenvalue weighted by Gasteiger charge is -2.07. The Morgan fingerprint density at radius 1 is 1.24 bits per heavy atom. The van der Waals surface area contributed by atoms with Crippen molar-refractivity contribution in [3.63, 3.8) is 0 Å². The van der Waals surface area contributed by atoms with Gasteiger partial charge in [0.1, 0.15) is 6.54 Å². The topological polar surface area (TPSA) is 89.2 Å². The van der Waals surface area contributed by atoms with Crippen LogP contribution in [0, 0.1) is 13.8 Å². The zero-order chi connectivity index (χ0) is 18.1. The molecule has 0 bridgehead atoms. The second-order valence-corrected chi connectivity index (χ2v) is 6.11. The van der Waals surface area contributed by atoms with Crippen molar-refractivity contribution >= 4 is 28.5 Å². The molecule has 0 spiro atoms. The fourth-order valence-electron chi connectivity index (χ4n) is 3.00. The normalized spacial score (nSPS) is 11.0. The molecule has 0 aliphatic heterocycles. The van der Waals surface area contributed by atoms with E-state index in [1.807, 2.05) is 39.1 Å². The van der Waals surface area contributed by atoms with Crippen molar-refractivity contribution in [1.29, 1.82) is 0 Å². The first kappa shape index (κ1) is 16.8. The molecule has 0 aliphatic rings. The summed E-state index contributed by atoms with van der Waals surface area (Å²) in [6, 6.07) is 7.27. The standard InChI is InChI=1S/C18H20N4O3/c1-11-15(12(2)21(3)20-11)9-17(23)19-14-4-5-16-13(8-14)6-7-22(16)10-18(24)25/h4-8H,9-10H2,1-3H3,(H,19,23)(H,24,25). The van der Waals surface area contributed by atoms with Gasteiger partial charge in [0.05, 0.1) is 12.1 Å². The van der Waals surface area contributed by atoms with Gasteiger partial charge in [0.25, 0.3) is 0 Å². The fourth-order valence-corrected chi connectivity index (χ4v) is 3.00. The van der Waals surface area contributed by atoms with E-state index >= 15 is 0 Å². The lowest BCUT2D eigenvalue weighted by molar-refractivity contribution is -0.137. The van der Waals surface area contributed by atoms with E-state index in [0.29, 0.717) is 5.69 Å². The van der Waals surface area contributed by atoms with Crippen LogP contribution >= 0.6 is 0 Å². The molecule has 130 valence electrons. The zero-order valence-electron chi connectivity index (χ0n) is 14.4. The van der Waals surface area contributed by atoms with Gasteiger partial charge in [-0.15, -0.1) is 0 Å². The average molecular weight is 340 g/mol. The highest BCUT2D eigenvalue weighted by atomic mass is 16.4. The maximum atomic E-state index is 12.4. The van der Waals surface area contributed by atoms with Gasteiger partial charge >= 0.3 is 5.97 Å². The second-order valence-electron chi connectivity index (χ2n) is 6.11. The minimum atomic E-state index is -0.892. The predicted octanol–water partition coefficient (Wildman–Crippen LogP) is 2.26. The summed E-state index contributed by atoms with van der Waals surface area (Å²) in [4.78, 5) is 23.2. The molecular formula is C18H20N4O3. The number of nitrogens with zero attached hydrogens (tertiary/aromatic N) is 3. The van der Waals surface area contributed by atoms with Crippen molar-refractivity contribution in [3.8, 4) is 0 Å². The number of fused-ring (bicyclic) bond motifs is 1. The largest absolute Gasteiger partial charge is 0.480 e. The molecule has 7 nitrogen and oxygen atoms in total. The van der Waals surface area contributed by atoms with Gasteiger partial charge in [-0.05, 0) is 38.1 Å². The quantitative estimate of drug-likeness (QED) is 0.745. The highest BCUT2D eigenvalue weighted by Crippen LogP contribution is 2.21. The molecule has 0 saturated carbocycles. The summed E-state index contributed by atoms with van der Waals surface area (Å²) < 4.78 is 3.43. The first-order chi connectivity index (χ1) is 11.8. The number of anilines is 1. The second kappa shape index (κ2) is 6.43. The van der Waals surface area contributed by atoms with E-state index in [0.717, 1.165) is 27.9 Å². The van der Waals surface area contributed by atoms with Gasteiger partial charge in [-0.1, -0.05) is 0 Å². The molecule has 0 unspecified atom stereocenters. The molecule has 3 aromatic rings. The molecule has 3 rings (SSSR count). The van der Waals surface area contributed by atoms with E-state index in [1.165, 1.54) is 0 Å². The van der Waals surface area contributed by atoms with Crippen molar-refractivity contribution in [2.45, 2.75) is 26.8 Å². The summed E-state index contributed by atoms with van der Waals surface area (Å²) in [6.45, 7) is 3.75. The number of hydrogen-bond donors (Lipinski definition) is 2. The Morgan fingerprint density at radius 3 is 2.64 bits per heavy atom. The van der Waals surface area contributed by atoms with Gasteiger partial charge in [-0.2, -0.15) is 5.10 Å². The third-order valence-corrected chi connectivity index (χ3v) is 4.36. The lowest BCUT2D eigenvalue weighted by Crippen LogP contribution is -2.15. The van der Waals surface area contributed by atoms with Crippen LogP contribution < -0.4 is 5.32 Å². The van der Waals surface area contributed by atoms with Crippen molar-refractivity contribution in [2.24, 2.45) is 7.05 Å². The molecule has 0 saturated heterocycles. The summed E-state index contributed by atoms with van der Waals surface area (Å²) in [7, 11) is 1.86. The summed E-state index contributed by atoms with van der Waals surface area (Å²) in [6.07, 6.45) is 2.00. The van der Waals surface area contributed by atoms with Crippen LogP contribution in [0.1, 0.15) is 17.0 Å². The minimum Gasteiger partial charge on any atom is -0.480 e. The monoisotopic (exact) mass is 340 g/mol. The molecule has 1 amide bonds. The number of carbonyl (C=O) groups excluding carboxylic acids is 1. The van der Waals surface area contributed by atoms with Gasteiger partial charge in [0, 0.05) is 41.1 Å². The number of rotatable bonds is 5. The Morgan fingerprint density at radius 2 is 2.00 bits per heavy atom. The van der Waals surface area contributed by atoms with Gasteiger partial charge in [0.15, 0.2) is 0 Å².